The first-order chi connectivity index (χ1) is 7.58. The Morgan fingerprint density at radius 3 is 2.75 bits per heavy atom. The molecule has 0 saturated carbocycles. The Balaban J connectivity index is 2.47. The van der Waals surface area contributed by atoms with E-state index in [-0.39, 0.29) is 5.69 Å². The van der Waals surface area contributed by atoms with Gasteiger partial charge in [0.15, 0.2) is 0 Å². The van der Waals surface area contributed by atoms with Crippen LogP contribution in [0.1, 0.15) is 0 Å². The van der Waals surface area contributed by atoms with Crippen LogP contribution in [0.5, 0.6) is 0 Å². The third-order valence-corrected chi connectivity index (χ3v) is 3.21. The minimum atomic E-state index is -0.412. The van der Waals surface area contributed by atoms with Crippen molar-refractivity contribution in [2.24, 2.45) is 0 Å². The molecule has 2 rings (SSSR count). The van der Waals surface area contributed by atoms with E-state index in [9.17, 15) is 10.1 Å². The van der Waals surface area contributed by atoms with Crippen LogP contribution in [-0.2, 0) is 0 Å². The normalized spacial score (nSPS) is 10.4. The molecule has 0 aliphatic carbocycles. The van der Waals surface area contributed by atoms with Crippen LogP contribution >= 0.6 is 38.5 Å². The summed E-state index contributed by atoms with van der Waals surface area (Å²) >= 11 is 5.35. The molecule has 0 N–H and O–H groups in total. The quantitative estimate of drug-likeness (QED) is 0.447. The molecule has 0 amide bonds. The van der Waals surface area contributed by atoms with Gasteiger partial charge in [0, 0.05) is 21.9 Å². The molecule has 0 atom stereocenters. The number of benzene rings is 1. The number of halogens is 2. The van der Waals surface area contributed by atoms with Gasteiger partial charge in [0.1, 0.15) is 0 Å². The molecule has 0 aliphatic rings. The van der Waals surface area contributed by atoms with E-state index >= 15 is 0 Å². The van der Waals surface area contributed by atoms with Crippen LogP contribution < -0.4 is 0 Å². The van der Waals surface area contributed by atoms with Crippen LogP contribution in [0.25, 0.3) is 5.69 Å². The molecule has 0 saturated heterocycles. The van der Waals surface area contributed by atoms with Gasteiger partial charge in [-0.15, -0.1) is 0 Å². The van der Waals surface area contributed by atoms with E-state index in [1.54, 1.807) is 23.1 Å². The highest BCUT2D eigenvalue weighted by Crippen LogP contribution is 2.23. The van der Waals surface area contributed by atoms with Gasteiger partial charge in [0.25, 0.3) is 5.69 Å². The molecule has 0 aliphatic heterocycles. The van der Waals surface area contributed by atoms with Gasteiger partial charge in [-0.1, -0.05) is 0 Å². The van der Waals surface area contributed by atoms with E-state index in [1.165, 1.54) is 12.1 Å². The summed E-state index contributed by atoms with van der Waals surface area (Å²) in [6, 6.07) is 4.66. The van der Waals surface area contributed by atoms with E-state index in [2.05, 4.69) is 43.6 Å². The van der Waals surface area contributed by atoms with Gasteiger partial charge in [-0.25, -0.2) is 4.68 Å². The van der Waals surface area contributed by atoms with Gasteiger partial charge in [-0.3, -0.25) is 10.1 Å². The molecule has 1 heterocycles. The average molecular weight is 394 g/mol. The highest BCUT2D eigenvalue weighted by molar-refractivity contribution is 14.1. The fraction of sp³-hybridized carbons (Fsp3) is 0. The number of nitro benzene ring substituents is 1. The van der Waals surface area contributed by atoms with Gasteiger partial charge >= 0.3 is 0 Å². The Morgan fingerprint density at radius 2 is 2.25 bits per heavy atom. The number of hydrogen-bond acceptors (Lipinski definition) is 3. The molecule has 5 nitrogen and oxygen atoms in total. The molecule has 0 bridgehead atoms. The molecule has 0 spiro atoms. The number of nitro groups is 1. The lowest BCUT2D eigenvalue weighted by atomic mass is 10.3. The Hall–Kier alpha value is -0.960. The number of non-ortho nitro benzene ring substituents is 1. The van der Waals surface area contributed by atoms with Gasteiger partial charge in [-0.2, -0.15) is 5.10 Å². The van der Waals surface area contributed by atoms with Crippen molar-refractivity contribution >= 4 is 44.2 Å². The predicted molar refractivity (Wildman–Crippen MR) is 70.6 cm³/mol. The smallest absolute Gasteiger partial charge is 0.258 e. The van der Waals surface area contributed by atoms with Crippen molar-refractivity contribution in [3.63, 3.8) is 0 Å². The van der Waals surface area contributed by atoms with Gasteiger partial charge in [0.05, 0.1) is 21.3 Å². The third-order valence-electron chi connectivity index (χ3n) is 1.94. The van der Waals surface area contributed by atoms with Gasteiger partial charge in [0.2, 0.25) is 0 Å². The largest absolute Gasteiger partial charge is 0.270 e. The number of rotatable bonds is 2. The Bertz CT molecular complexity index is 555. The SMILES string of the molecule is O=[N+]([O-])c1ccc(-n2cc(Br)cn2)c(I)c1. The first-order valence-corrected chi connectivity index (χ1v) is 6.09. The van der Waals surface area contributed by atoms with E-state index < -0.39 is 4.92 Å². The van der Waals surface area contributed by atoms with Crippen molar-refractivity contribution in [1.82, 2.24) is 9.78 Å². The van der Waals surface area contributed by atoms with Crippen molar-refractivity contribution in [2.75, 3.05) is 0 Å². The molecular formula is C9H5BrIN3O2. The van der Waals surface area contributed by atoms with Crippen molar-refractivity contribution in [2.45, 2.75) is 0 Å². The first kappa shape index (κ1) is 11.5. The fourth-order valence-corrected chi connectivity index (χ4v) is 2.26. The second-order valence-electron chi connectivity index (χ2n) is 3.00. The minimum Gasteiger partial charge on any atom is -0.258 e. The van der Waals surface area contributed by atoms with Crippen LogP contribution in [0.15, 0.2) is 35.1 Å². The summed E-state index contributed by atoms with van der Waals surface area (Å²) in [6.07, 6.45) is 3.46. The molecular weight excluding hydrogens is 389 g/mol. The number of aromatic nitrogens is 2. The lowest BCUT2D eigenvalue weighted by Crippen LogP contribution is -1.98. The van der Waals surface area contributed by atoms with Gasteiger partial charge in [-0.05, 0) is 44.6 Å². The van der Waals surface area contributed by atoms with Crippen LogP contribution in [0.4, 0.5) is 5.69 Å². The second-order valence-corrected chi connectivity index (χ2v) is 5.07. The number of hydrogen-bond donors (Lipinski definition) is 0. The lowest BCUT2D eigenvalue weighted by molar-refractivity contribution is -0.384. The molecule has 16 heavy (non-hydrogen) atoms. The van der Waals surface area contributed by atoms with E-state index in [4.69, 9.17) is 0 Å². The lowest BCUT2D eigenvalue weighted by Gasteiger charge is -2.03. The van der Waals surface area contributed by atoms with Crippen LogP contribution in [0.3, 0.4) is 0 Å². The molecule has 0 unspecified atom stereocenters. The molecule has 1 aromatic heterocycles. The molecule has 1 aromatic carbocycles. The minimum absolute atomic E-state index is 0.0828. The summed E-state index contributed by atoms with van der Waals surface area (Å²) in [7, 11) is 0. The van der Waals surface area contributed by atoms with E-state index in [1.807, 2.05) is 0 Å². The van der Waals surface area contributed by atoms with Crippen molar-refractivity contribution in [3.05, 3.63) is 48.8 Å². The summed E-state index contributed by atoms with van der Waals surface area (Å²) in [4.78, 5) is 10.2. The molecule has 7 heteroatoms. The van der Waals surface area contributed by atoms with Crippen LogP contribution in [0.2, 0.25) is 0 Å². The monoisotopic (exact) mass is 393 g/mol. The third kappa shape index (κ3) is 2.24. The highest BCUT2D eigenvalue weighted by Gasteiger charge is 2.10. The topological polar surface area (TPSA) is 61.0 Å². The zero-order valence-electron chi connectivity index (χ0n) is 7.80. The molecule has 0 fully saturated rings. The summed E-state index contributed by atoms with van der Waals surface area (Å²) in [5.41, 5.74) is 0.899. The fourth-order valence-electron chi connectivity index (χ4n) is 1.23. The van der Waals surface area contributed by atoms with Crippen molar-refractivity contribution in [1.29, 1.82) is 0 Å². The molecule has 2 aromatic rings. The zero-order chi connectivity index (χ0) is 11.7. The highest BCUT2D eigenvalue weighted by atomic mass is 127. The summed E-state index contributed by atoms with van der Waals surface area (Å²) < 4.78 is 3.30. The maximum absolute atomic E-state index is 10.6. The molecule has 82 valence electrons. The van der Waals surface area contributed by atoms with Crippen molar-refractivity contribution < 1.29 is 4.92 Å². The Kier molecular flexibility index (Phi) is 3.24. The van der Waals surface area contributed by atoms with E-state index in [0.29, 0.717) is 0 Å². The summed E-state index contributed by atoms with van der Waals surface area (Å²) in [5, 5.41) is 14.7. The number of nitrogens with zero attached hydrogens (tertiary/aromatic N) is 3. The van der Waals surface area contributed by atoms with E-state index in [0.717, 1.165) is 13.7 Å². The summed E-state index contributed by atoms with van der Waals surface area (Å²) in [5.74, 6) is 0. The zero-order valence-corrected chi connectivity index (χ0v) is 11.5. The van der Waals surface area contributed by atoms with Gasteiger partial charge < -0.3 is 0 Å². The standard InChI is InChI=1S/C9H5BrIN3O2/c10-6-4-12-13(5-6)9-2-1-7(14(15)16)3-8(9)11/h1-5H. The maximum Gasteiger partial charge on any atom is 0.270 e. The Labute approximate surface area is 113 Å². The predicted octanol–water partition coefficient (Wildman–Crippen LogP) is 3.15. The summed E-state index contributed by atoms with van der Waals surface area (Å²) in [6.45, 7) is 0. The van der Waals surface area contributed by atoms with Crippen molar-refractivity contribution in [3.8, 4) is 5.69 Å². The average Bonchev–Trinajstić information content (AvgIpc) is 2.64. The van der Waals surface area contributed by atoms with Crippen LogP contribution in [0, 0.1) is 13.7 Å². The first-order valence-electron chi connectivity index (χ1n) is 4.22. The second kappa shape index (κ2) is 4.50. The molecule has 0 radical (unpaired) electrons. The maximum atomic E-state index is 10.6. The van der Waals surface area contributed by atoms with Crippen LogP contribution in [-0.4, -0.2) is 14.7 Å². The Morgan fingerprint density at radius 1 is 1.50 bits per heavy atom.